The molecule has 0 aliphatic rings. The lowest BCUT2D eigenvalue weighted by Crippen LogP contribution is -1.76. The van der Waals surface area contributed by atoms with E-state index in [1.54, 1.807) is 11.3 Å². The van der Waals surface area contributed by atoms with E-state index in [0.29, 0.717) is 0 Å². The van der Waals surface area contributed by atoms with Gasteiger partial charge in [0.25, 0.3) is 0 Å². The highest BCUT2D eigenvalue weighted by Crippen LogP contribution is 2.33. The van der Waals surface area contributed by atoms with Gasteiger partial charge in [-0.15, -0.1) is 24.0 Å². The van der Waals surface area contributed by atoms with Gasteiger partial charge in [0.2, 0.25) is 0 Å². The van der Waals surface area contributed by atoms with Gasteiger partial charge in [-0.3, -0.25) is 0 Å². The molecule has 0 saturated heterocycles. The van der Waals surface area contributed by atoms with Crippen LogP contribution in [-0.4, -0.2) is 0 Å². The Bertz CT molecular complexity index is 510. The van der Waals surface area contributed by atoms with Gasteiger partial charge in [0, 0.05) is 8.96 Å². The Labute approximate surface area is 98.9 Å². The van der Waals surface area contributed by atoms with Crippen LogP contribution < -0.4 is 0 Å². The fourth-order valence-electron chi connectivity index (χ4n) is 1.17. The smallest absolute Gasteiger partial charge is 0.101 e. The van der Waals surface area contributed by atoms with Crippen molar-refractivity contribution in [1.29, 1.82) is 5.26 Å². The minimum Gasteiger partial charge on any atom is -0.192 e. The molecule has 0 N–H and O–H groups in total. The number of rotatable bonds is 0. The number of fused-ring (bicyclic) bond motifs is 1. The molecular weight excluding hydrogens is 313 g/mol. The van der Waals surface area contributed by atoms with Gasteiger partial charge in [-0.05, 0) is 40.8 Å². The van der Waals surface area contributed by atoms with Gasteiger partial charge in [0.1, 0.15) is 6.07 Å². The number of hydrogen-bond donors (Lipinski definition) is 1. The zero-order chi connectivity index (χ0) is 9.42. The van der Waals surface area contributed by atoms with Crippen LogP contribution in [0.25, 0.3) is 10.1 Å². The molecular formula is C9H4INS2. The molecule has 0 atom stereocenters. The van der Waals surface area contributed by atoms with E-state index in [1.807, 2.05) is 18.2 Å². The van der Waals surface area contributed by atoms with Crippen molar-refractivity contribution in [2.24, 2.45) is 0 Å². The van der Waals surface area contributed by atoms with Crippen LogP contribution in [0.2, 0.25) is 0 Å². The van der Waals surface area contributed by atoms with Crippen molar-refractivity contribution in [3.8, 4) is 6.07 Å². The number of hydrogen-bond acceptors (Lipinski definition) is 3. The van der Waals surface area contributed by atoms with E-state index in [9.17, 15) is 0 Å². The van der Waals surface area contributed by atoms with Crippen molar-refractivity contribution in [3.63, 3.8) is 0 Å². The number of nitrogens with zero attached hydrogens (tertiary/aromatic N) is 1. The summed E-state index contributed by atoms with van der Waals surface area (Å²) in [6.45, 7) is 0. The van der Waals surface area contributed by atoms with Crippen LogP contribution in [0.4, 0.5) is 0 Å². The molecule has 1 aromatic heterocycles. The summed E-state index contributed by atoms with van der Waals surface area (Å²) >= 11 is 8.10. The summed E-state index contributed by atoms with van der Waals surface area (Å²) in [5.74, 6) is 0. The van der Waals surface area contributed by atoms with Crippen LogP contribution in [0, 0.1) is 14.9 Å². The second-order valence-corrected chi connectivity index (χ2v) is 5.53. The van der Waals surface area contributed by atoms with E-state index < -0.39 is 0 Å². The quantitative estimate of drug-likeness (QED) is 0.582. The summed E-state index contributed by atoms with van der Waals surface area (Å²) in [6.07, 6.45) is 0. The van der Waals surface area contributed by atoms with Gasteiger partial charge in [0.05, 0.1) is 14.5 Å². The third kappa shape index (κ3) is 1.56. The van der Waals surface area contributed by atoms with Crippen molar-refractivity contribution in [3.05, 3.63) is 27.3 Å². The molecule has 0 spiro atoms. The second-order valence-electron chi connectivity index (χ2n) is 2.53. The van der Waals surface area contributed by atoms with Gasteiger partial charge < -0.3 is 0 Å². The Balaban J connectivity index is 2.94. The molecule has 0 radical (unpaired) electrons. The Kier molecular flexibility index (Phi) is 2.49. The molecule has 2 aromatic rings. The van der Waals surface area contributed by atoms with E-state index in [4.69, 9.17) is 5.26 Å². The lowest BCUT2D eigenvalue weighted by atomic mass is 10.2. The Morgan fingerprint density at radius 1 is 1.46 bits per heavy atom. The molecule has 0 bridgehead atoms. The molecule has 0 saturated carbocycles. The molecule has 1 aromatic carbocycles. The van der Waals surface area contributed by atoms with Crippen LogP contribution in [0.3, 0.4) is 0 Å². The van der Waals surface area contributed by atoms with Crippen LogP contribution in [-0.2, 0) is 0 Å². The van der Waals surface area contributed by atoms with Crippen molar-refractivity contribution < 1.29 is 0 Å². The number of thiophene rings is 1. The summed E-state index contributed by atoms with van der Waals surface area (Å²) in [5.41, 5.74) is 0.737. The summed E-state index contributed by atoms with van der Waals surface area (Å²) in [5, 5.41) is 10.00. The third-order valence-corrected chi connectivity index (χ3v) is 4.05. The molecule has 1 heterocycles. The second kappa shape index (κ2) is 3.48. The normalized spacial score (nSPS) is 10.2. The average Bonchev–Trinajstić information content (AvgIpc) is 2.48. The highest BCUT2D eigenvalue weighted by molar-refractivity contribution is 14.1. The summed E-state index contributed by atoms with van der Waals surface area (Å²) in [7, 11) is 0. The molecule has 0 unspecified atom stereocenters. The fourth-order valence-corrected chi connectivity index (χ4v) is 3.25. The van der Waals surface area contributed by atoms with E-state index in [2.05, 4.69) is 41.3 Å². The standard InChI is InChI=1S/C9H4INS2/c10-7-2-1-5(4-11)9-6(7)3-8(12)13-9/h1-3,12H. The largest absolute Gasteiger partial charge is 0.192 e. The third-order valence-electron chi connectivity index (χ3n) is 1.74. The molecule has 0 aliphatic carbocycles. The molecule has 0 aliphatic heterocycles. The Morgan fingerprint density at radius 2 is 2.23 bits per heavy atom. The van der Waals surface area contributed by atoms with Gasteiger partial charge in [-0.1, -0.05) is 0 Å². The van der Waals surface area contributed by atoms with E-state index in [-0.39, 0.29) is 0 Å². The maximum atomic E-state index is 8.87. The highest BCUT2D eigenvalue weighted by Gasteiger charge is 2.07. The van der Waals surface area contributed by atoms with E-state index in [1.165, 1.54) is 3.57 Å². The minimum absolute atomic E-state index is 0.737. The number of halogens is 1. The molecule has 2 rings (SSSR count). The zero-order valence-corrected chi connectivity index (χ0v) is 10.3. The minimum atomic E-state index is 0.737. The molecule has 0 fully saturated rings. The van der Waals surface area contributed by atoms with E-state index in [0.717, 1.165) is 19.9 Å². The first-order chi connectivity index (χ1) is 6.22. The van der Waals surface area contributed by atoms with Gasteiger partial charge in [0.15, 0.2) is 0 Å². The lowest BCUT2D eigenvalue weighted by Gasteiger charge is -1.94. The molecule has 4 heteroatoms. The first kappa shape index (κ1) is 9.31. The fraction of sp³-hybridized carbons (Fsp3) is 0. The maximum Gasteiger partial charge on any atom is 0.101 e. The summed E-state index contributed by atoms with van der Waals surface area (Å²) < 4.78 is 3.16. The van der Waals surface area contributed by atoms with Crippen LogP contribution in [0.1, 0.15) is 5.56 Å². The molecule has 1 nitrogen and oxygen atoms in total. The average molecular weight is 317 g/mol. The Morgan fingerprint density at radius 3 is 2.92 bits per heavy atom. The molecule has 64 valence electrons. The predicted octanol–water partition coefficient (Wildman–Crippen LogP) is 3.67. The first-order valence-electron chi connectivity index (χ1n) is 3.53. The monoisotopic (exact) mass is 317 g/mol. The topological polar surface area (TPSA) is 23.8 Å². The van der Waals surface area contributed by atoms with Crippen molar-refractivity contribution in [1.82, 2.24) is 0 Å². The van der Waals surface area contributed by atoms with E-state index >= 15 is 0 Å². The number of benzene rings is 1. The first-order valence-corrected chi connectivity index (χ1v) is 5.87. The predicted molar refractivity (Wildman–Crippen MR) is 66.5 cm³/mol. The molecule has 0 amide bonds. The highest BCUT2D eigenvalue weighted by atomic mass is 127. The number of thiol groups is 1. The van der Waals surface area contributed by atoms with Gasteiger partial charge >= 0.3 is 0 Å². The molecule has 13 heavy (non-hydrogen) atoms. The Hall–Kier alpha value is -0.250. The maximum absolute atomic E-state index is 8.87. The summed E-state index contributed by atoms with van der Waals surface area (Å²) in [6, 6.07) is 8.00. The van der Waals surface area contributed by atoms with Crippen molar-refractivity contribution in [2.75, 3.05) is 0 Å². The zero-order valence-electron chi connectivity index (χ0n) is 6.41. The van der Waals surface area contributed by atoms with Crippen molar-refractivity contribution >= 4 is 56.6 Å². The summed E-state index contributed by atoms with van der Waals surface area (Å²) in [4.78, 5) is 0. The lowest BCUT2D eigenvalue weighted by molar-refractivity contribution is 1.51. The number of nitriles is 1. The van der Waals surface area contributed by atoms with Crippen LogP contribution >= 0.6 is 46.6 Å². The van der Waals surface area contributed by atoms with Crippen LogP contribution in [0.15, 0.2) is 22.4 Å². The van der Waals surface area contributed by atoms with Crippen molar-refractivity contribution in [2.45, 2.75) is 4.21 Å². The van der Waals surface area contributed by atoms with Gasteiger partial charge in [-0.2, -0.15) is 5.26 Å². The van der Waals surface area contributed by atoms with Gasteiger partial charge in [-0.25, -0.2) is 0 Å². The SMILES string of the molecule is N#Cc1ccc(I)c2cc(S)sc12. The van der Waals surface area contributed by atoms with Crippen LogP contribution in [0.5, 0.6) is 0 Å².